The number of nitrogens with one attached hydrogen (secondary N) is 2. The summed E-state index contributed by atoms with van der Waals surface area (Å²) in [6.45, 7) is 1.93. The van der Waals surface area contributed by atoms with Crippen LogP contribution in [0, 0.1) is 5.82 Å². The Balaban J connectivity index is 1.35. The Morgan fingerprint density at radius 3 is 2.49 bits per heavy atom. The van der Waals surface area contributed by atoms with Crippen molar-refractivity contribution in [1.29, 1.82) is 0 Å². The number of carbonyl (C=O) groups is 1. The number of fused-ring (bicyclic) bond motifs is 1. The van der Waals surface area contributed by atoms with Crippen molar-refractivity contribution in [3.8, 4) is 17.3 Å². The lowest BCUT2D eigenvalue weighted by Crippen LogP contribution is -2.28. The molecule has 0 aliphatic rings. The number of benzene rings is 2. The van der Waals surface area contributed by atoms with Crippen molar-refractivity contribution in [3.63, 3.8) is 0 Å². The minimum absolute atomic E-state index is 0.00400. The van der Waals surface area contributed by atoms with E-state index in [9.17, 15) is 17.6 Å². The van der Waals surface area contributed by atoms with Crippen molar-refractivity contribution in [2.24, 2.45) is 0 Å². The third kappa shape index (κ3) is 5.97. The van der Waals surface area contributed by atoms with E-state index in [1.807, 2.05) is 6.92 Å². The van der Waals surface area contributed by atoms with Crippen LogP contribution in [0.4, 0.5) is 10.1 Å². The quantitative estimate of drug-likeness (QED) is 0.322. The van der Waals surface area contributed by atoms with Gasteiger partial charge in [0.25, 0.3) is 0 Å². The van der Waals surface area contributed by atoms with Gasteiger partial charge in [-0.25, -0.2) is 17.5 Å². The van der Waals surface area contributed by atoms with E-state index in [-0.39, 0.29) is 35.7 Å². The smallest absolute Gasteiger partial charge is 0.240 e. The molecule has 1 amide bonds. The van der Waals surface area contributed by atoms with Gasteiger partial charge in [0.1, 0.15) is 12.4 Å². The largest absolute Gasteiger partial charge is 0.475 e. The van der Waals surface area contributed by atoms with Crippen LogP contribution in [-0.2, 0) is 14.8 Å². The lowest BCUT2D eigenvalue weighted by molar-refractivity contribution is -0.116. The van der Waals surface area contributed by atoms with Crippen LogP contribution in [0.5, 0.6) is 5.88 Å². The van der Waals surface area contributed by atoms with E-state index in [0.717, 1.165) is 6.42 Å². The van der Waals surface area contributed by atoms with Gasteiger partial charge in [-0.05, 0) is 61.0 Å². The number of carbonyl (C=O) groups excluding carboxylic acids is 1. The number of halogens is 1. The molecule has 4 rings (SSSR count). The second-order valence-electron chi connectivity index (χ2n) is 7.54. The topological polar surface area (TPSA) is 128 Å². The Labute approximate surface area is 201 Å². The summed E-state index contributed by atoms with van der Waals surface area (Å²) >= 11 is 0. The first-order valence-electron chi connectivity index (χ1n) is 10.9. The summed E-state index contributed by atoms with van der Waals surface area (Å²) in [5.74, 6) is 0.172. The van der Waals surface area contributed by atoms with Crippen LogP contribution in [0.25, 0.3) is 17.0 Å². The van der Waals surface area contributed by atoms with E-state index in [4.69, 9.17) is 4.74 Å². The average Bonchev–Trinajstić information content (AvgIpc) is 3.26. The summed E-state index contributed by atoms with van der Waals surface area (Å²) in [5.41, 5.74) is 1.64. The van der Waals surface area contributed by atoms with Gasteiger partial charge in [-0.15, -0.1) is 15.3 Å². The molecular formula is C23H23FN6O4S. The highest BCUT2D eigenvalue weighted by molar-refractivity contribution is 7.89. The van der Waals surface area contributed by atoms with Crippen molar-refractivity contribution in [2.45, 2.75) is 24.7 Å². The summed E-state index contributed by atoms with van der Waals surface area (Å²) < 4.78 is 47.8. The highest BCUT2D eigenvalue weighted by Gasteiger charge is 2.14. The average molecular weight is 499 g/mol. The van der Waals surface area contributed by atoms with Gasteiger partial charge in [0, 0.05) is 30.3 Å². The molecule has 0 aliphatic heterocycles. The lowest BCUT2D eigenvalue weighted by atomic mass is 10.2. The monoisotopic (exact) mass is 498 g/mol. The summed E-state index contributed by atoms with van der Waals surface area (Å²) in [6, 6.07) is 14.9. The maximum absolute atomic E-state index is 13.2. The van der Waals surface area contributed by atoms with Crippen LogP contribution in [0.3, 0.4) is 0 Å². The molecule has 4 aromatic rings. The molecule has 2 N–H and O–H groups in total. The van der Waals surface area contributed by atoms with Gasteiger partial charge in [0.15, 0.2) is 11.5 Å². The first-order valence-corrected chi connectivity index (χ1v) is 12.3. The Hall–Kier alpha value is -3.90. The first-order chi connectivity index (χ1) is 16.9. The SMILES string of the molecule is CCCC(=O)Nc1ccc(S(=O)(=O)NCCOc2ccc3nnc(-c4ccc(F)cc4)n3n2)cc1. The highest BCUT2D eigenvalue weighted by Crippen LogP contribution is 2.19. The van der Waals surface area contributed by atoms with Crippen LogP contribution in [0.2, 0.25) is 0 Å². The highest BCUT2D eigenvalue weighted by atomic mass is 32.2. The molecule has 0 atom stereocenters. The molecule has 0 radical (unpaired) electrons. The van der Waals surface area contributed by atoms with Crippen molar-refractivity contribution in [3.05, 3.63) is 66.5 Å². The molecule has 2 heterocycles. The third-order valence-electron chi connectivity index (χ3n) is 4.91. The minimum atomic E-state index is -3.76. The predicted octanol–water partition coefficient (Wildman–Crippen LogP) is 3.03. The standard InChI is InChI=1S/C23H23FN6O4S/c1-2-3-21(31)26-18-8-10-19(11-9-18)35(32,33)25-14-15-34-22-13-12-20-27-28-23(30(20)29-22)16-4-6-17(24)7-5-16/h4-13,25H,2-3,14-15H2,1H3,(H,26,31). The Morgan fingerprint density at radius 1 is 1.03 bits per heavy atom. The predicted molar refractivity (Wildman–Crippen MR) is 127 cm³/mol. The van der Waals surface area contributed by atoms with E-state index in [0.29, 0.717) is 29.1 Å². The molecule has 0 spiro atoms. The molecular weight excluding hydrogens is 475 g/mol. The number of ether oxygens (including phenoxy) is 1. The van der Waals surface area contributed by atoms with Gasteiger partial charge in [-0.2, -0.15) is 4.52 Å². The van der Waals surface area contributed by atoms with Gasteiger partial charge in [0.2, 0.25) is 21.8 Å². The van der Waals surface area contributed by atoms with Crippen molar-refractivity contribution in [1.82, 2.24) is 24.5 Å². The van der Waals surface area contributed by atoms with Crippen LogP contribution in [0.15, 0.2) is 65.6 Å². The zero-order valence-electron chi connectivity index (χ0n) is 18.8. The number of aromatic nitrogens is 4. The van der Waals surface area contributed by atoms with E-state index in [2.05, 4.69) is 25.3 Å². The Bertz CT molecular complexity index is 1420. The van der Waals surface area contributed by atoms with Gasteiger partial charge in [0.05, 0.1) is 4.90 Å². The number of hydrogen-bond acceptors (Lipinski definition) is 7. The molecule has 0 unspecified atom stereocenters. The number of amides is 1. The van der Waals surface area contributed by atoms with E-state index < -0.39 is 10.0 Å². The first kappa shape index (κ1) is 24.2. The molecule has 2 aromatic heterocycles. The van der Waals surface area contributed by atoms with Crippen LogP contribution < -0.4 is 14.8 Å². The number of anilines is 1. The van der Waals surface area contributed by atoms with Gasteiger partial charge < -0.3 is 10.1 Å². The zero-order chi connectivity index (χ0) is 24.8. The van der Waals surface area contributed by atoms with Crippen LogP contribution >= 0.6 is 0 Å². The van der Waals surface area contributed by atoms with Crippen molar-refractivity contribution >= 4 is 27.3 Å². The number of hydrogen-bond donors (Lipinski definition) is 2. The van der Waals surface area contributed by atoms with Gasteiger partial charge >= 0.3 is 0 Å². The molecule has 10 nitrogen and oxygen atoms in total. The molecule has 12 heteroatoms. The Kier molecular flexibility index (Phi) is 7.32. The van der Waals surface area contributed by atoms with E-state index >= 15 is 0 Å². The maximum atomic E-state index is 13.2. The molecule has 0 bridgehead atoms. The Morgan fingerprint density at radius 2 is 1.77 bits per heavy atom. The lowest BCUT2D eigenvalue weighted by Gasteiger charge is -2.09. The molecule has 0 saturated carbocycles. The van der Waals surface area contributed by atoms with Crippen molar-refractivity contribution in [2.75, 3.05) is 18.5 Å². The molecule has 182 valence electrons. The van der Waals surface area contributed by atoms with Gasteiger partial charge in [-0.1, -0.05) is 6.92 Å². The zero-order valence-corrected chi connectivity index (χ0v) is 19.6. The molecule has 35 heavy (non-hydrogen) atoms. The number of rotatable bonds is 10. The summed E-state index contributed by atoms with van der Waals surface area (Å²) in [7, 11) is -3.76. The number of nitrogens with zero attached hydrogens (tertiary/aromatic N) is 4. The normalized spacial score (nSPS) is 11.5. The summed E-state index contributed by atoms with van der Waals surface area (Å²) in [4.78, 5) is 11.7. The summed E-state index contributed by atoms with van der Waals surface area (Å²) in [6.07, 6.45) is 1.12. The second kappa shape index (κ2) is 10.6. The van der Waals surface area contributed by atoms with Crippen LogP contribution in [-0.4, -0.2) is 47.3 Å². The van der Waals surface area contributed by atoms with E-state index in [1.54, 1.807) is 24.3 Å². The van der Waals surface area contributed by atoms with E-state index in [1.165, 1.54) is 40.9 Å². The third-order valence-corrected chi connectivity index (χ3v) is 6.39. The summed E-state index contributed by atoms with van der Waals surface area (Å²) in [5, 5.41) is 15.2. The number of sulfonamides is 1. The van der Waals surface area contributed by atoms with Gasteiger partial charge in [-0.3, -0.25) is 4.79 Å². The van der Waals surface area contributed by atoms with Crippen molar-refractivity contribution < 1.29 is 22.3 Å². The fourth-order valence-electron chi connectivity index (χ4n) is 3.21. The minimum Gasteiger partial charge on any atom is -0.475 e. The molecule has 0 saturated heterocycles. The fraction of sp³-hybridized carbons (Fsp3) is 0.217. The van der Waals surface area contributed by atoms with Crippen LogP contribution in [0.1, 0.15) is 19.8 Å². The molecule has 2 aromatic carbocycles. The second-order valence-corrected chi connectivity index (χ2v) is 9.31. The fourth-order valence-corrected chi connectivity index (χ4v) is 4.22. The molecule has 0 aliphatic carbocycles. The molecule has 0 fully saturated rings. The maximum Gasteiger partial charge on any atom is 0.240 e.